The Morgan fingerprint density at radius 2 is 1.97 bits per heavy atom. The van der Waals surface area contributed by atoms with Gasteiger partial charge in [0.25, 0.3) is 0 Å². The zero-order valence-electron chi connectivity index (χ0n) is 19.8. The second-order valence-electron chi connectivity index (χ2n) is 12.2. The van der Waals surface area contributed by atoms with E-state index in [1.54, 1.807) is 18.3 Å². The van der Waals surface area contributed by atoms with Gasteiger partial charge in [-0.15, -0.1) is 0 Å². The Bertz CT molecular complexity index is 941. The topological polar surface area (TPSA) is 66.4 Å². The lowest BCUT2D eigenvalue weighted by Crippen LogP contribution is -2.69. The van der Waals surface area contributed by atoms with Crippen molar-refractivity contribution in [2.45, 2.75) is 96.0 Å². The lowest BCUT2D eigenvalue weighted by atomic mass is 9.52. The molecule has 3 aliphatic carbocycles. The smallest absolute Gasteiger partial charge is 0.224 e. The molecule has 0 aromatic heterocycles. The predicted molar refractivity (Wildman–Crippen MR) is 115 cm³/mol. The third-order valence-corrected chi connectivity index (χ3v) is 10.5. The maximum absolute atomic E-state index is 12.2. The first-order valence-corrected chi connectivity index (χ1v) is 12.5. The molecule has 176 valence electrons. The first-order valence-electron chi connectivity index (χ1n) is 12.5. The van der Waals surface area contributed by atoms with E-state index in [0.29, 0.717) is 11.8 Å². The molecule has 32 heavy (non-hydrogen) atoms. The summed E-state index contributed by atoms with van der Waals surface area (Å²) in [7, 11) is 1.61. The zero-order valence-corrected chi connectivity index (χ0v) is 19.8. The molecule has 1 saturated carbocycles. The monoisotopic (exact) mass is 444 g/mol. The van der Waals surface area contributed by atoms with Crippen LogP contribution in [0.25, 0.3) is 0 Å². The Hall–Kier alpha value is -0.760. The van der Waals surface area contributed by atoms with Crippen LogP contribution in [0.3, 0.4) is 0 Å². The maximum atomic E-state index is 12.2. The van der Waals surface area contributed by atoms with Crippen LogP contribution >= 0.6 is 0 Å². The molecule has 7 aliphatic rings. The van der Waals surface area contributed by atoms with Crippen LogP contribution in [0.2, 0.25) is 0 Å². The highest BCUT2D eigenvalue weighted by molar-refractivity contribution is 5.40. The number of allylic oxidation sites excluding steroid dienone is 3. The van der Waals surface area contributed by atoms with Crippen molar-refractivity contribution in [3.63, 3.8) is 0 Å². The minimum absolute atomic E-state index is 0.0782. The molecule has 6 heteroatoms. The summed E-state index contributed by atoms with van der Waals surface area (Å²) < 4.78 is 31.2. The zero-order chi connectivity index (χ0) is 22.3. The first-order chi connectivity index (χ1) is 15.2. The number of ether oxygens (including phenoxy) is 5. The van der Waals surface area contributed by atoms with Crippen LogP contribution < -0.4 is 0 Å². The van der Waals surface area contributed by atoms with E-state index in [1.807, 2.05) is 0 Å². The van der Waals surface area contributed by atoms with Crippen LogP contribution in [-0.2, 0) is 23.7 Å². The Morgan fingerprint density at radius 1 is 1.16 bits per heavy atom. The third-order valence-electron chi connectivity index (χ3n) is 10.5. The second-order valence-corrected chi connectivity index (χ2v) is 12.2. The molecule has 0 unspecified atom stereocenters. The number of fused-ring (bicyclic) bond motifs is 6. The summed E-state index contributed by atoms with van der Waals surface area (Å²) in [5.74, 6) is -0.307. The van der Waals surface area contributed by atoms with Crippen LogP contribution in [0.5, 0.6) is 0 Å². The van der Waals surface area contributed by atoms with Gasteiger partial charge in [0.15, 0.2) is 24.3 Å². The van der Waals surface area contributed by atoms with Gasteiger partial charge in [0.05, 0.1) is 6.10 Å². The number of rotatable bonds is 2. The van der Waals surface area contributed by atoms with E-state index in [1.165, 1.54) is 19.3 Å². The minimum Gasteiger partial charge on any atom is -0.381 e. The van der Waals surface area contributed by atoms with Gasteiger partial charge in [-0.1, -0.05) is 44.9 Å². The molecule has 0 radical (unpaired) electrons. The second kappa shape index (κ2) is 6.07. The molecular weight excluding hydrogens is 408 g/mol. The lowest BCUT2D eigenvalue weighted by Gasteiger charge is -2.53. The van der Waals surface area contributed by atoms with Crippen LogP contribution in [-0.4, -0.2) is 55.0 Å². The largest absolute Gasteiger partial charge is 0.381 e. The van der Waals surface area contributed by atoms with Crippen LogP contribution in [0.4, 0.5) is 0 Å². The van der Waals surface area contributed by atoms with Gasteiger partial charge >= 0.3 is 0 Å². The summed E-state index contributed by atoms with van der Waals surface area (Å²) in [6.07, 6.45) is 6.04. The predicted octanol–water partition coefficient (Wildman–Crippen LogP) is 3.69. The van der Waals surface area contributed by atoms with E-state index in [0.717, 1.165) is 18.4 Å². The molecule has 4 aliphatic heterocycles. The van der Waals surface area contributed by atoms with Crippen molar-refractivity contribution in [3.8, 4) is 0 Å². The molecule has 7 rings (SSSR count). The van der Waals surface area contributed by atoms with Crippen molar-refractivity contribution in [1.29, 1.82) is 0 Å². The van der Waals surface area contributed by atoms with Gasteiger partial charge < -0.3 is 28.8 Å². The fraction of sp³-hybridized carbons (Fsp3) is 0.846. The average Bonchev–Trinajstić information content (AvgIpc) is 3.38. The molecule has 5 fully saturated rings. The number of hydrogen-bond acceptors (Lipinski definition) is 6. The van der Waals surface area contributed by atoms with Gasteiger partial charge in [-0.2, -0.15) is 0 Å². The first kappa shape index (κ1) is 20.6. The van der Waals surface area contributed by atoms with Gasteiger partial charge in [-0.25, -0.2) is 0 Å². The van der Waals surface area contributed by atoms with Gasteiger partial charge in [0.1, 0.15) is 6.61 Å². The van der Waals surface area contributed by atoms with Gasteiger partial charge in [0.2, 0.25) is 5.79 Å². The fourth-order valence-electron chi connectivity index (χ4n) is 8.74. The summed E-state index contributed by atoms with van der Waals surface area (Å²) in [6.45, 7) is 9.78. The van der Waals surface area contributed by atoms with E-state index < -0.39 is 30.1 Å². The number of aliphatic hydroxyl groups is 1. The van der Waals surface area contributed by atoms with Crippen LogP contribution in [0.15, 0.2) is 22.8 Å². The Balaban J connectivity index is 1.41. The molecule has 6 nitrogen and oxygen atoms in total. The molecule has 0 aromatic rings. The molecule has 0 amide bonds. The molecule has 0 aromatic carbocycles. The van der Waals surface area contributed by atoms with Crippen LogP contribution in [0, 0.1) is 28.6 Å². The van der Waals surface area contributed by atoms with E-state index >= 15 is 0 Å². The minimum atomic E-state index is -1.30. The molecule has 2 bridgehead atoms. The average molecular weight is 445 g/mol. The number of methoxy groups -OCH3 is 1. The van der Waals surface area contributed by atoms with Gasteiger partial charge in [-0.3, -0.25) is 0 Å². The molecular formula is C26H36O6. The molecule has 4 saturated heterocycles. The highest BCUT2D eigenvalue weighted by atomic mass is 16.9. The van der Waals surface area contributed by atoms with E-state index in [2.05, 4.69) is 33.8 Å². The summed E-state index contributed by atoms with van der Waals surface area (Å²) in [5.41, 5.74) is 3.27. The maximum Gasteiger partial charge on any atom is 0.224 e. The van der Waals surface area contributed by atoms with Gasteiger partial charge in [0, 0.05) is 18.4 Å². The van der Waals surface area contributed by atoms with E-state index in [4.69, 9.17) is 23.7 Å². The van der Waals surface area contributed by atoms with E-state index in [9.17, 15) is 5.11 Å². The summed E-state index contributed by atoms with van der Waals surface area (Å²) in [5, 5.41) is 12.2. The van der Waals surface area contributed by atoms with Crippen molar-refractivity contribution in [2.24, 2.45) is 28.6 Å². The van der Waals surface area contributed by atoms with Crippen molar-refractivity contribution in [1.82, 2.24) is 0 Å². The fourth-order valence-corrected chi connectivity index (χ4v) is 8.74. The van der Waals surface area contributed by atoms with Crippen molar-refractivity contribution in [2.75, 3.05) is 13.7 Å². The molecule has 4 heterocycles. The summed E-state index contributed by atoms with van der Waals surface area (Å²) in [4.78, 5) is 0. The van der Waals surface area contributed by atoms with Gasteiger partial charge in [-0.05, 0) is 54.9 Å². The summed E-state index contributed by atoms with van der Waals surface area (Å²) in [6, 6.07) is 0. The Labute approximate surface area is 190 Å². The quantitative estimate of drug-likeness (QED) is 0.656. The normalized spacial score (nSPS) is 57.4. The standard InChI is InChI=1S/C26H36O6/c1-13(2)14-8-9-23(3)10-11-24(4)16(17(14)23)7-6-15-18-19(24)30-22-26(18,27)21-25(28-5,12-29-22)32-20(15)31-21/h6,13,16,18-22,27H,7-12H2,1-5H3/t16-,18-,19+,20-,21+,22+,23-,24-,25+,26-/m1/s1. The van der Waals surface area contributed by atoms with Crippen LogP contribution in [0.1, 0.15) is 59.8 Å². The highest BCUT2D eigenvalue weighted by Crippen LogP contribution is 2.69. The molecule has 10 atom stereocenters. The number of hydrogen-bond donors (Lipinski definition) is 1. The highest BCUT2D eigenvalue weighted by Gasteiger charge is 2.79. The lowest BCUT2D eigenvalue weighted by molar-refractivity contribution is -0.344. The molecule has 1 N–H and O–H groups in total. The SMILES string of the molecule is CO[C@]12CO[C@H]3O[C@H]4[C@H]5C(=CC[C@@H]6C7=C(C(C)C)CC[C@]7(C)CC[C@]64C)[C@H](O[C@@H]1[C@@]35O)O2. The Kier molecular flexibility index (Phi) is 3.91. The van der Waals surface area contributed by atoms with Crippen molar-refractivity contribution < 1.29 is 28.8 Å². The summed E-state index contributed by atoms with van der Waals surface area (Å²) >= 11 is 0. The molecule has 0 spiro atoms. The van der Waals surface area contributed by atoms with E-state index in [-0.39, 0.29) is 29.5 Å². The van der Waals surface area contributed by atoms with Crippen molar-refractivity contribution in [3.05, 3.63) is 22.8 Å². The van der Waals surface area contributed by atoms with Crippen molar-refractivity contribution >= 4 is 0 Å². The Morgan fingerprint density at radius 3 is 2.72 bits per heavy atom. The third kappa shape index (κ3) is 2.11.